The Hall–Kier alpha value is -1.89. The largest absolute Gasteiger partial charge is 0.408 e. The molecule has 2 N–H and O–H groups in total. The number of carbonyl (C=O) groups is 1. The van der Waals surface area contributed by atoms with Gasteiger partial charge in [0.25, 0.3) is 0 Å². The van der Waals surface area contributed by atoms with E-state index in [1.54, 1.807) is 24.3 Å². The number of carbonyl (C=O) groups excluding carboxylic acids is 1. The molecule has 0 aliphatic carbocycles. The number of alkyl halides is 3. The first-order chi connectivity index (χ1) is 8.85. The molecule has 0 fully saturated rings. The maximum atomic E-state index is 12.3. The third-order valence-corrected chi connectivity index (χ3v) is 2.59. The molecule has 2 rings (SSSR count). The molecule has 0 radical (unpaired) electrons. The Morgan fingerprint density at radius 2 is 1.84 bits per heavy atom. The van der Waals surface area contributed by atoms with Crippen molar-refractivity contribution in [1.29, 1.82) is 0 Å². The average Bonchev–Trinajstić information content (AvgIpc) is 2.31. The molecule has 0 atom stereocenters. The Balaban J connectivity index is 2.16. The third-order valence-electron chi connectivity index (χ3n) is 2.33. The van der Waals surface area contributed by atoms with E-state index in [1.165, 1.54) is 6.20 Å². The van der Waals surface area contributed by atoms with Crippen molar-refractivity contribution in [1.82, 2.24) is 15.8 Å². The van der Waals surface area contributed by atoms with Crippen molar-refractivity contribution in [3.63, 3.8) is 0 Å². The van der Waals surface area contributed by atoms with Crippen LogP contribution in [0.2, 0.25) is 5.02 Å². The number of benzene rings is 1. The highest BCUT2D eigenvalue weighted by atomic mass is 35.5. The first kappa shape index (κ1) is 13.5. The highest BCUT2D eigenvalue weighted by Gasteiger charge is 2.34. The molecule has 8 heteroatoms. The van der Waals surface area contributed by atoms with E-state index in [0.29, 0.717) is 21.3 Å². The van der Waals surface area contributed by atoms with Gasteiger partial charge in [-0.1, -0.05) is 23.7 Å². The Bertz CT molecular complexity index is 513. The topological polar surface area (TPSA) is 44.4 Å². The van der Waals surface area contributed by atoms with Gasteiger partial charge in [0.05, 0.1) is 5.70 Å². The first-order valence-electron chi connectivity index (χ1n) is 5.23. The van der Waals surface area contributed by atoms with Gasteiger partial charge in [0.2, 0.25) is 0 Å². The lowest BCUT2D eigenvalue weighted by Gasteiger charge is -2.30. The molecule has 1 aromatic rings. The van der Waals surface area contributed by atoms with Gasteiger partial charge >= 0.3 is 12.2 Å². The highest BCUT2D eigenvalue weighted by Crippen LogP contribution is 2.20. The molecule has 0 saturated carbocycles. The second kappa shape index (κ2) is 5.00. The second-order valence-corrected chi connectivity index (χ2v) is 4.26. The molecule has 2 amide bonds. The maximum Gasteiger partial charge on any atom is 0.408 e. The SMILES string of the molecule is O=C1NC=C(c2ccc(Cl)cc2)NN1CC(F)(F)F. The van der Waals surface area contributed by atoms with Gasteiger partial charge in [-0.2, -0.15) is 13.2 Å². The van der Waals surface area contributed by atoms with Crippen LogP contribution in [0.4, 0.5) is 18.0 Å². The molecular weight excluding hydrogens is 283 g/mol. The van der Waals surface area contributed by atoms with E-state index < -0.39 is 18.8 Å². The second-order valence-electron chi connectivity index (χ2n) is 3.83. The lowest BCUT2D eigenvalue weighted by Crippen LogP contribution is -2.53. The van der Waals surface area contributed by atoms with E-state index in [0.717, 1.165) is 0 Å². The van der Waals surface area contributed by atoms with Crippen molar-refractivity contribution in [2.24, 2.45) is 0 Å². The number of amides is 2. The van der Waals surface area contributed by atoms with Crippen LogP contribution in [0.15, 0.2) is 30.5 Å². The monoisotopic (exact) mass is 291 g/mol. The standard InChI is InChI=1S/C11H9ClF3N3O/c12-8-3-1-7(2-4-8)9-5-16-10(19)18(17-9)6-11(13,14)15/h1-5,17H,6H2,(H,16,19). The van der Waals surface area contributed by atoms with Crippen molar-refractivity contribution in [3.05, 3.63) is 41.1 Å². The van der Waals surface area contributed by atoms with E-state index >= 15 is 0 Å². The Labute approximate surface area is 111 Å². The summed E-state index contributed by atoms with van der Waals surface area (Å²) >= 11 is 5.72. The van der Waals surface area contributed by atoms with Crippen LogP contribution in [-0.4, -0.2) is 23.8 Å². The summed E-state index contributed by atoms with van der Waals surface area (Å²) in [4.78, 5) is 11.3. The minimum Gasteiger partial charge on any atom is -0.311 e. The zero-order valence-electron chi connectivity index (χ0n) is 9.46. The van der Waals surface area contributed by atoms with Crippen LogP contribution in [0.25, 0.3) is 5.70 Å². The van der Waals surface area contributed by atoms with Gasteiger partial charge in [0.15, 0.2) is 0 Å². The van der Waals surface area contributed by atoms with Gasteiger partial charge in [-0.15, -0.1) is 0 Å². The number of urea groups is 1. The number of rotatable bonds is 2. The number of nitrogens with zero attached hydrogens (tertiary/aromatic N) is 1. The van der Waals surface area contributed by atoms with E-state index in [9.17, 15) is 18.0 Å². The summed E-state index contributed by atoms with van der Waals surface area (Å²) in [5.41, 5.74) is 3.37. The summed E-state index contributed by atoms with van der Waals surface area (Å²) < 4.78 is 36.9. The lowest BCUT2D eigenvalue weighted by molar-refractivity contribution is -0.143. The van der Waals surface area contributed by atoms with Crippen molar-refractivity contribution in [2.45, 2.75) is 6.18 Å². The van der Waals surface area contributed by atoms with Gasteiger partial charge in [-0.3, -0.25) is 5.43 Å². The molecule has 0 saturated heterocycles. The fourth-order valence-electron chi connectivity index (χ4n) is 1.51. The summed E-state index contributed by atoms with van der Waals surface area (Å²) in [6.07, 6.45) is -3.18. The predicted octanol–water partition coefficient (Wildman–Crippen LogP) is 2.73. The quantitative estimate of drug-likeness (QED) is 0.880. The van der Waals surface area contributed by atoms with Crippen LogP contribution in [0.3, 0.4) is 0 Å². The summed E-state index contributed by atoms with van der Waals surface area (Å²) in [6, 6.07) is 5.60. The number of hydrogen-bond donors (Lipinski definition) is 2. The van der Waals surface area contributed by atoms with Gasteiger partial charge in [0.1, 0.15) is 6.54 Å². The van der Waals surface area contributed by atoms with Gasteiger partial charge in [-0.05, 0) is 12.1 Å². The molecule has 1 aromatic carbocycles. The van der Waals surface area contributed by atoms with E-state index in [1.807, 2.05) is 0 Å². The molecule has 1 aliphatic heterocycles. The van der Waals surface area contributed by atoms with Crippen LogP contribution in [0.5, 0.6) is 0 Å². The average molecular weight is 292 g/mol. The molecular formula is C11H9ClF3N3O. The number of halogens is 4. The van der Waals surface area contributed by atoms with Crippen molar-refractivity contribution >= 4 is 23.3 Å². The Morgan fingerprint density at radius 1 is 1.21 bits per heavy atom. The maximum absolute atomic E-state index is 12.3. The highest BCUT2D eigenvalue weighted by molar-refractivity contribution is 6.30. The van der Waals surface area contributed by atoms with Crippen molar-refractivity contribution in [2.75, 3.05) is 6.54 Å². The van der Waals surface area contributed by atoms with Crippen LogP contribution in [0, 0.1) is 0 Å². The summed E-state index contributed by atoms with van der Waals surface area (Å²) in [6.45, 7) is -1.39. The minimum absolute atomic E-state index is 0.348. The molecule has 19 heavy (non-hydrogen) atoms. The van der Waals surface area contributed by atoms with Crippen LogP contribution >= 0.6 is 11.6 Å². The van der Waals surface area contributed by atoms with Crippen LogP contribution in [-0.2, 0) is 0 Å². The summed E-state index contributed by atoms with van der Waals surface area (Å²) in [5, 5.41) is 3.22. The predicted molar refractivity (Wildman–Crippen MR) is 63.9 cm³/mol. The smallest absolute Gasteiger partial charge is 0.311 e. The molecule has 0 aromatic heterocycles. The first-order valence-corrected chi connectivity index (χ1v) is 5.60. The molecule has 0 unspecified atom stereocenters. The fourth-order valence-corrected chi connectivity index (χ4v) is 1.63. The lowest BCUT2D eigenvalue weighted by atomic mass is 10.2. The van der Waals surface area contributed by atoms with Crippen LogP contribution in [0.1, 0.15) is 5.56 Å². The summed E-state index contributed by atoms with van der Waals surface area (Å²) in [5.74, 6) is 0. The van der Waals surface area contributed by atoms with E-state index in [2.05, 4.69) is 10.7 Å². The van der Waals surface area contributed by atoms with Crippen molar-refractivity contribution in [3.8, 4) is 0 Å². The zero-order valence-corrected chi connectivity index (χ0v) is 10.2. The molecule has 0 spiro atoms. The van der Waals surface area contributed by atoms with Gasteiger partial charge in [-0.25, -0.2) is 9.80 Å². The number of nitrogens with one attached hydrogen (secondary N) is 2. The molecule has 1 aliphatic rings. The molecule has 102 valence electrons. The third kappa shape index (κ3) is 3.54. The van der Waals surface area contributed by atoms with E-state index in [-0.39, 0.29) is 0 Å². The molecule has 1 heterocycles. The normalized spacial score (nSPS) is 15.7. The van der Waals surface area contributed by atoms with E-state index in [4.69, 9.17) is 11.6 Å². The van der Waals surface area contributed by atoms with Gasteiger partial charge < -0.3 is 5.32 Å². The number of hydrazine groups is 1. The zero-order chi connectivity index (χ0) is 14.0. The minimum atomic E-state index is -4.48. The number of hydrogen-bond acceptors (Lipinski definition) is 2. The molecule has 4 nitrogen and oxygen atoms in total. The van der Waals surface area contributed by atoms with Gasteiger partial charge in [0, 0.05) is 16.8 Å². The molecule has 0 bridgehead atoms. The summed E-state index contributed by atoms with van der Waals surface area (Å²) in [7, 11) is 0. The Kier molecular flexibility index (Phi) is 3.57. The Morgan fingerprint density at radius 3 is 2.42 bits per heavy atom. The van der Waals surface area contributed by atoms with Crippen LogP contribution < -0.4 is 10.7 Å². The van der Waals surface area contributed by atoms with Crippen molar-refractivity contribution < 1.29 is 18.0 Å². The fraction of sp³-hybridized carbons (Fsp3) is 0.182.